The minimum Gasteiger partial charge on any atom is -0.381 e. The van der Waals surface area contributed by atoms with E-state index < -0.39 is 6.04 Å². The van der Waals surface area contributed by atoms with E-state index in [1.807, 2.05) is 110 Å². The molecule has 2 aromatic heterocycles. The number of hydrogen-bond donors (Lipinski definition) is 3. The van der Waals surface area contributed by atoms with Crippen molar-refractivity contribution in [2.75, 3.05) is 17.6 Å². The van der Waals surface area contributed by atoms with Gasteiger partial charge in [0.15, 0.2) is 5.82 Å². The second-order valence-electron chi connectivity index (χ2n) is 9.62. The molecule has 8 nitrogen and oxygen atoms in total. The number of nitrogen functional groups attached to an aromatic ring is 1. The molecule has 1 atom stereocenters. The Kier molecular flexibility index (Phi) is 6.49. The van der Waals surface area contributed by atoms with Crippen LogP contribution in [0, 0.1) is 0 Å². The number of amides is 1. The zero-order valence-corrected chi connectivity index (χ0v) is 21.9. The highest BCUT2D eigenvalue weighted by atomic mass is 16.2. The molecule has 0 saturated carbocycles. The summed E-state index contributed by atoms with van der Waals surface area (Å²) in [7, 11) is 0. The fourth-order valence-corrected chi connectivity index (χ4v) is 5.06. The molecule has 1 aliphatic heterocycles. The van der Waals surface area contributed by atoms with Crippen molar-refractivity contribution < 1.29 is 4.79 Å². The van der Waals surface area contributed by atoms with Gasteiger partial charge in [-0.05, 0) is 47.7 Å². The Balaban J connectivity index is 1.45. The van der Waals surface area contributed by atoms with Gasteiger partial charge in [0.2, 0.25) is 0 Å². The maximum absolute atomic E-state index is 14.2. The van der Waals surface area contributed by atoms with E-state index in [0.29, 0.717) is 29.1 Å². The van der Waals surface area contributed by atoms with Crippen LogP contribution >= 0.6 is 0 Å². The zero-order valence-electron chi connectivity index (χ0n) is 21.9. The normalized spacial score (nSPS) is 13.2. The van der Waals surface area contributed by atoms with Gasteiger partial charge in [0.25, 0.3) is 11.5 Å². The molecule has 0 radical (unpaired) electrons. The molecule has 40 heavy (non-hydrogen) atoms. The fourth-order valence-electron chi connectivity index (χ4n) is 5.06. The van der Waals surface area contributed by atoms with Crippen molar-refractivity contribution in [1.82, 2.24) is 19.7 Å². The smallest absolute Gasteiger partial charge is 0.263 e. The number of nitrogens with one attached hydrogen (secondary N) is 2. The third kappa shape index (κ3) is 4.56. The predicted molar refractivity (Wildman–Crippen MR) is 161 cm³/mol. The summed E-state index contributed by atoms with van der Waals surface area (Å²) in [4.78, 5) is 27.7. The van der Waals surface area contributed by atoms with Crippen molar-refractivity contribution >= 4 is 46.7 Å². The van der Waals surface area contributed by atoms with Crippen LogP contribution in [-0.2, 0) is 0 Å². The summed E-state index contributed by atoms with van der Waals surface area (Å²) in [5, 5.41) is 11.8. The van der Waals surface area contributed by atoms with E-state index in [1.54, 1.807) is 15.4 Å². The molecule has 8 heteroatoms. The summed E-state index contributed by atoms with van der Waals surface area (Å²) in [5.41, 5.74) is 9.44. The van der Waals surface area contributed by atoms with E-state index in [9.17, 15) is 9.59 Å². The first kappa shape index (κ1) is 24.9. The number of hydrogen-bond acceptors (Lipinski definition) is 5. The Labute approximate surface area is 231 Å². The lowest BCUT2D eigenvalue weighted by molar-refractivity contribution is 0.0940. The highest BCUT2D eigenvalue weighted by Gasteiger charge is 2.26. The van der Waals surface area contributed by atoms with Crippen molar-refractivity contribution in [3.05, 3.63) is 124 Å². The molecule has 0 fully saturated rings. The van der Waals surface area contributed by atoms with Gasteiger partial charge in [-0.1, -0.05) is 78.9 Å². The number of rotatable bonds is 6. The first-order valence-corrected chi connectivity index (χ1v) is 13.1. The van der Waals surface area contributed by atoms with Gasteiger partial charge < -0.3 is 16.4 Å². The average Bonchev–Trinajstić information content (AvgIpc) is 3.32. The lowest BCUT2D eigenvalue weighted by atomic mass is 10.0. The summed E-state index contributed by atoms with van der Waals surface area (Å²) >= 11 is 0. The van der Waals surface area contributed by atoms with Gasteiger partial charge in [0.1, 0.15) is 11.4 Å². The highest BCUT2D eigenvalue weighted by Crippen LogP contribution is 2.27. The number of anilines is 2. The quantitative estimate of drug-likeness (QED) is 0.258. The summed E-state index contributed by atoms with van der Waals surface area (Å²) in [5.74, 6) is 0.298. The zero-order chi connectivity index (χ0) is 27.6. The first-order valence-electron chi connectivity index (χ1n) is 13.1. The molecule has 198 valence electrons. The van der Waals surface area contributed by atoms with Crippen molar-refractivity contribution in [3.8, 4) is 5.69 Å². The van der Waals surface area contributed by atoms with Crippen LogP contribution in [0.3, 0.4) is 0 Å². The third-order valence-electron chi connectivity index (χ3n) is 6.97. The van der Waals surface area contributed by atoms with Crippen LogP contribution in [-0.4, -0.2) is 26.8 Å². The maximum atomic E-state index is 14.2. The van der Waals surface area contributed by atoms with E-state index in [-0.39, 0.29) is 22.8 Å². The van der Waals surface area contributed by atoms with E-state index >= 15 is 0 Å². The minimum absolute atomic E-state index is 0.132. The van der Waals surface area contributed by atoms with Crippen LogP contribution in [0.15, 0.2) is 95.8 Å². The molecule has 6 rings (SSSR count). The minimum atomic E-state index is -0.526. The molecule has 5 aromatic rings. The second-order valence-corrected chi connectivity index (χ2v) is 9.62. The molecular formula is C32H28N6O2. The van der Waals surface area contributed by atoms with Gasteiger partial charge in [0, 0.05) is 24.1 Å². The Morgan fingerprint density at radius 1 is 1.02 bits per heavy atom. The molecule has 4 N–H and O–H groups in total. The monoisotopic (exact) mass is 528 g/mol. The molecule has 0 saturated heterocycles. The summed E-state index contributed by atoms with van der Waals surface area (Å²) in [6.45, 7) is 2.43. The van der Waals surface area contributed by atoms with Gasteiger partial charge in [-0.2, -0.15) is 0 Å². The van der Waals surface area contributed by atoms with Crippen LogP contribution < -0.4 is 21.9 Å². The number of benzene rings is 3. The standard InChI is InChI=1S/C32H28N6O2/c1-21(35-31(39)28-29(33)36-37-19-9-18-34-30(28)37)26-20-24-13-8-12-23(17-16-22-10-4-2-5-11-22)27(24)32(40)38(26)25-14-6-3-7-15-25/h2-17,19-21,34H,18H2,1H3,(H2,33,36)(H,35,39)/b17-16+. The number of carbonyl (C=O) groups excluding carboxylic acids is 1. The van der Waals surface area contributed by atoms with Gasteiger partial charge in [-0.25, -0.2) is 4.68 Å². The summed E-state index contributed by atoms with van der Waals surface area (Å²) in [6, 6.07) is 26.7. The van der Waals surface area contributed by atoms with Crippen LogP contribution in [0.2, 0.25) is 0 Å². The van der Waals surface area contributed by atoms with E-state index in [0.717, 1.165) is 16.5 Å². The SMILES string of the molecule is CC(NC(=O)c1c(N)nn2c1NCC=C2)c1cc2cccc(/C=C/c3ccccc3)c2c(=O)n1-c1ccccc1. The lowest BCUT2D eigenvalue weighted by Crippen LogP contribution is -2.32. The Bertz CT molecular complexity index is 1830. The molecule has 1 unspecified atom stereocenters. The van der Waals surface area contributed by atoms with Crippen LogP contribution in [0.4, 0.5) is 11.6 Å². The number of aromatic nitrogens is 3. The molecule has 0 spiro atoms. The number of fused-ring (bicyclic) bond motifs is 2. The van der Waals surface area contributed by atoms with E-state index in [1.165, 1.54) is 0 Å². The van der Waals surface area contributed by atoms with Crippen molar-refractivity contribution in [2.45, 2.75) is 13.0 Å². The first-order chi connectivity index (χ1) is 19.5. The topological polar surface area (TPSA) is 107 Å². The van der Waals surface area contributed by atoms with Crippen molar-refractivity contribution in [3.63, 3.8) is 0 Å². The third-order valence-corrected chi connectivity index (χ3v) is 6.97. The van der Waals surface area contributed by atoms with Gasteiger partial charge in [-0.3, -0.25) is 14.2 Å². The number of pyridine rings is 1. The molecule has 1 aliphatic rings. The molecule has 1 amide bonds. The van der Waals surface area contributed by atoms with Gasteiger partial charge >= 0.3 is 0 Å². The number of para-hydroxylation sites is 1. The van der Waals surface area contributed by atoms with Crippen molar-refractivity contribution in [1.29, 1.82) is 0 Å². The molecule has 3 heterocycles. The van der Waals surface area contributed by atoms with Crippen LogP contribution in [0.25, 0.3) is 34.8 Å². The maximum Gasteiger partial charge on any atom is 0.263 e. The number of carbonyl (C=O) groups is 1. The Hall–Kier alpha value is -5.37. The summed E-state index contributed by atoms with van der Waals surface area (Å²) in [6.07, 6.45) is 7.62. The van der Waals surface area contributed by atoms with E-state index in [2.05, 4.69) is 15.7 Å². The molecule has 3 aromatic carbocycles. The molecule has 0 aliphatic carbocycles. The largest absolute Gasteiger partial charge is 0.381 e. The summed E-state index contributed by atoms with van der Waals surface area (Å²) < 4.78 is 3.23. The highest BCUT2D eigenvalue weighted by molar-refractivity contribution is 6.04. The number of nitrogens with two attached hydrogens (primary N) is 1. The van der Waals surface area contributed by atoms with Crippen LogP contribution in [0.1, 0.15) is 40.1 Å². The predicted octanol–water partition coefficient (Wildman–Crippen LogP) is 5.33. The van der Waals surface area contributed by atoms with Gasteiger partial charge in [0.05, 0.1) is 11.4 Å². The van der Waals surface area contributed by atoms with E-state index in [4.69, 9.17) is 5.73 Å². The van der Waals surface area contributed by atoms with Gasteiger partial charge in [-0.15, -0.1) is 5.10 Å². The second kappa shape index (κ2) is 10.4. The lowest BCUT2D eigenvalue weighted by Gasteiger charge is -2.22. The van der Waals surface area contributed by atoms with Crippen LogP contribution in [0.5, 0.6) is 0 Å². The fraction of sp³-hybridized carbons (Fsp3) is 0.0938. The Morgan fingerprint density at radius 3 is 2.55 bits per heavy atom. The Morgan fingerprint density at radius 2 is 1.77 bits per heavy atom. The number of nitrogens with zero attached hydrogens (tertiary/aromatic N) is 3. The molecular weight excluding hydrogens is 500 g/mol. The average molecular weight is 529 g/mol. The molecule has 0 bridgehead atoms. The van der Waals surface area contributed by atoms with Crippen molar-refractivity contribution in [2.24, 2.45) is 0 Å².